The van der Waals surface area contributed by atoms with Gasteiger partial charge >= 0.3 is 5.97 Å². The summed E-state index contributed by atoms with van der Waals surface area (Å²) in [5, 5.41) is 10.5. The van der Waals surface area contributed by atoms with Crippen molar-refractivity contribution in [1.82, 2.24) is 4.98 Å². The van der Waals surface area contributed by atoms with Crippen molar-refractivity contribution >= 4 is 16.9 Å². The van der Waals surface area contributed by atoms with Crippen LogP contribution in [0.4, 0.5) is 0 Å². The van der Waals surface area contributed by atoms with Gasteiger partial charge in [0.2, 0.25) is 0 Å². The largest absolute Gasteiger partial charge is 0.508 e. The molecule has 0 saturated heterocycles. The van der Waals surface area contributed by atoms with Crippen LogP contribution in [0.2, 0.25) is 0 Å². The van der Waals surface area contributed by atoms with Crippen molar-refractivity contribution in [2.75, 3.05) is 6.61 Å². The molecule has 0 radical (unpaired) electrons. The molecule has 0 spiro atoms. The first-order valence-corrected chi connectivity index (χ1v) is 7.23. The first kappa shape index (κ1) is 14.2. The number of ether oxygens (including phenoxy) is 1. The van der Waals surface area contributed by atoms with Crippen molar-refractivity contribution in [2.24, 2.45) is 0 Å². The third-order valence-corrected chi connectivity index (χ3v) is 3.55. The molecule has 0 fully saturated rings. The Bertz CT molecular complexity index is 820. The van der Waals surface area contributed by atoms with E-state index < -0.39 is 0 Å². The third-order valence-electron chi connectivity index (χ3n) is 3.55. The quantitative estimate of drug-likeness (QED) is 0.722. The first-order valence-electron chi connectivity index (χ1n) is 7.23. The minimum absolute atomic E-state index is 0.241. The molecule has 3 rings (SSSR count). The fourth-order valence-corrected chi connectivity index (χ4v) is 2.56. The molecule has 1 aromatic heterocycles. The Hall–Kier alpha value is -2.75. The summed E-state index contributed by atoms with van der Waals surface area (Å²) in [6.45, 7) is 2.16. The van der Waals surface area contributed by atoms with E-state index in [1.165, 1.54) is 0 Å². The molecule has 22 heavy (non-hydrogen) atoms. The lowest BCUT2D eigenvalue weighted by atomic mass is 10.0. The van der Waals surface area contributed by atoms with Crippen molar-refractivity contribution in [1.29, 1.82) is 0 Å². The van der Waals surface area contributed by atoms with Crippen LogP contribution in [0.25, 0.3) is 10.9 Å². The molecule has 112 valence electrons. The number of benzene rings is 2. The van der Waals surface area contributed by atoms with Crippen molar-refractivity contribution in [3.05, 3.63) is 65.4 Å². The van der Waals surface area contributed by atoms with Crippen LogP contribution in [-0.2, 0) is 11.2 Å². The number of fused-ring (bicyclic) bond motifs is 1. The fraction of sp³-hybridized carbons (Fsp3) is 0.167. The summed E-state index contributed by atoms with van der Waals surface area (Å²) in [5.41, 5.74) is 3.45. The van der Waals surface area contributed by atoms with E-state index in [9.17, 15) is 9.90 Å². The van der Waals surface area contributed by atoms with Crippen molar-refractivity contribution in [3.8, 4) is 5.75 Å². The van der Waals surface area contributed by atoms with Crippen molar-refractivity contribution in [2.45, 2.75) is 13.3 Å². The van der Waals surface area contributed by atoms with Gasteiger partial charge in [-0.05, 0) is 42.8 Å². The van der Waals surface area contributed by atoms with E-state index >= 15 is 0 Å². The van der Waals surface area contributed by atoms with Crippen LogP contribution in [-0.4, -0.2) is 22.7 Å². The topological polar surface area (TPSA) is 62.3 Å². The second-order valence-electron chi connectivity index (χ2n) is 5.12. The zero-order valence-corrected chi connectivity index (χ0v) is 12.3. The summed E-state index contributed by atoms with van der Waals surface area (Å²) in [7, 11) is 0. The maximum atomic E-state index is 12.0. The van der Waals surface area contributed by atoms with E-state index in [1.807, 2.05) is 30.3 Å². The normalized spacial score (nSPS) is 10.8. The van der Waals surface area contributed by atoms with Crippen LogP contribution in [0.5, 0.6) is 5.75 Å². The number of rotatable bonds is 4. The van der Waals surface area contributed by atoms with Crippen LogP contribution in [0.3, 0.4) is 0 Å². The molecule has 0 aliphatic rings. The lowest BCUT2D eigenvalue weighted by Crippen LogP contribution is -2.08. The number of carbonyl (C=O) groups is 1. The van der Waals surface area contributed by atoms with Crippen molar-refractivity contribution in [3.63, 3.8) is 0 Å². The average molecular weight is 295 g/mol. The molecule has 1 heterocycles. The Morgan fingerprint density at radius 1 is 1.18 bits per heavy atom. The second-order valence-corrected chi connectivity index (χ2v) is 5.12. The molecule has 4 heteroatoms. The fourth-order valence-electron chi connectivity index (χ4n) is 2.56. The van der Waals surface area contributed by atoms with Crippen LogP contribution < -0.4 is 0 Å². The number of nitrogens with one attached hydrogen (secondary N) is 1. The summed E-state index contributed by atoms with van der Waals surface area (Å²) in [6, 6.07) is 14.6. The molecule has 2 aromatic carbocycles. The molecule has 0 aliphatic carbocycles. The van der Waals surface area contributed by atoms with Gasteiger partial charge < -0.3 is 14.8 Å². The summed E-state index contributed by atoms with van der Waals surface area (Å²) < 4.78 is 5.10. The highest BCUT2D eigenvalue weighted by atomic mass is 16.5. The number of aromatic amines is 1. The Balaban J connectivity index is 1.93. The Kier molecular flexibility index (Phi) is 3.83. The van der Waals surface area contributed by atoms with Gasteiger partial charge in [-0.1, -0.05) is 18.2 Å². The van der Waals surface area contributed by atoms with E-state index in [1.54, 1.807) is 25.1 Å². The molecule has 0 unspecified atom stereocenters. The SMILES string of the molecule is CCOC(=O)c1ccccc1Cc1cc2cc(O)ccc2[nH]1. The number of H-pyrrole nitrogens is 1. The summed E-state index contributed by atoms with van der Waals surface area (Å²) in [4.78, 5) is 15.3. The molecule has 3 aromatic rings. The van der Waals surface area contributed by atoms with E-state index in [-0.39, 0.29) is 11.7 Å². The number of phenolic OH excluding ortho intramolecular Hbond substituents is 1. The minimum atomic E-state index is -0.299. The minimum Gasteiger partial charge on any atom is -0.508 e. The highest BCUT2D eigenvalue weighted by molar-refractivity contribution is 5.91. The maximum Gasteiger partial charge on any atom is 0.338 e. The number of carbonyl (C=O) groups excluding carboxylic acids is 1. The first-order chi connectivity index (χ1) is 10.7. The zero-order valence-electron chi connectivity index (χ0n) is 12.3. The predicted molar refractivity (Wildman–Crippen MR) is 85.2 cm³/mol. The predicted octanol–water partition coefficient (Wildman–Crippen LogP) is 3.64. The average Bonchev–Trinajstić information content (AvgIpc) is 2.89. The molecule has 2 N–H and O–H groups in total. The number of esters is 1. The van der Waals surface area contributed by atoms with E-state index in [2.05, 4.69) is 4.98 Å². The lowest BCUT2D eigenvalue weighted by molar-refractivity contribution is 0.0525. The molecule has 4 nitrogen and oxygen atoms in total. The molecule has 0 atom stereocenters. The molecular formula is C18H17NO3. The highest BCUT2D eigenvalue weighted by Gasteiger charge is 2.13. The monoisotopic (exact) mass is 295 g/mol. The third kappa shape index (κ3) is 2.81. The van der Waals surface area contributed by atoms with Gasteiger partial charge in [-0.15, -0.1) is 0 Å². The highest BCUT2D eigenvalue weighted by Crippen LogP contribution is 2.23. The Labute approximate surface area is 128 Å². The van der Waals surface area contributed by atoms with Gasteiger partial charge in [0.1, 0.15) is 5.75 Å². The molecule has 0 amide bonds. The van der Waals surface area contributed by atoms with Gasteiger partial charge in [-0.2, -0.15) is 0 Å². The van der Waals surface area contributed by atoms with Crippen LogP contribution in [0.1, 0.15) is 28.5 Å². The van der Waals surface area contributed by atoms with Gasteiger partial charge in [0, 0.05) is 23.0 Å². The molecular weight excluding hydrogens is 278 g/mol. The number of phenols is 1. The van der Waals surface area contributed by atoms with Crippen molar-refractivity contribution < 1.29 is 14.6 Å². The van der Waals surface area contributed by atoms with Crippen LogP contribution >= 0.6 is 0 Å². The molecule has 0 saturated carbocycles. The maximum absolute atomic E-state index is 12.0. The smallest absolute Gasteiger partial charge is 0.338 e. The number of hydrogen-bond acceptors (Lipinski definition) is 3. The zero-order chi connectivity index (χ0) is 15.5. The number of aromatic nitrogens is 1. The van der Waals surface area contributed by atoms with E-state index in [0.29, 0.717) is 18.6 Å². The van der Waals surface area contributed by atoms with Crippen LogP contribution in [0.15, 0.2) is 48.5 Å². The standard InChI is InChI=1S/C18H17NO3/c1-2-22-18(21)16-6-4-3-5-12(16)9-14-10-13-11-15(20)7-8-17(13)19-14/h3-8,10-11,19-20H,2,9H2,1H3. The van der Waals surface area contributed by atoms with Gasteiger partial charge in [-0.25, -0.2) is 4.79 Å². The van der Waals surface area contributed by atoms with Gasteiger partial charge in [0.15, 0.2) is 0 Å². The second kappa shape index (κ2) is 5.93. The van der Waals surface area contributed by atoms with Gasteiger partial charge in [0.05, 0.1) is 12.2 Å². The Morgan fingerprint density at radius 2 is 2.00 bits per heavy atom. The molecule has 0 aliphatic heterocycles. The number of hydrogen-bond donors (Lipinski definition) is 2. The van der Waals surface area contributed by atoms with E-state index in [4.69, 9.17) is 4.74 Å². The van der Waals surface area contributed by atoms with Gasteiger partial charge in [-0.3, -0.25) is 0 Å². The Morgan fingerprint density at radius 3 is 2.82 bits per heavy atom. The molecule has 0 bridgehead atoms. The summed E-state index contributed by atoms with van der Waals surface area (Å²) in [5.74, 6) is -0.0585. The number of aromatic hydroxyl groups is 1. The summed E-state index contributed by atoms with van der Waals surface area (Å²) in [6.07, 6.45) is 0.602. The van der Waals surface area contributed by atoms with Gasteiger partial charge in [0.25, 0.3) is 0 Å². The lowest BCUT2D eigenvalue weighted by Gasteiger charge is -2.07. The van der Waals surface area contributed by atoms with Crippen LogP contribution in [0, 0.1) is 0 Å². The van der Waals surface area contributed by atoms with E-state index in [0.717, 1.165) is 22.2 Å². The summed E-state index contributed by atoms with van der Waals surface area (Å²) >= 11 is 0.